The summed E-state index contributed by atoms with van der Waals surface area (Å²) in [4.78, 5) is 11.6. The molecule has 2 aliphatic rings. The second-order valence-corrected chi connectivity index (χ2v) is 11.6. The molecule has 2 aliphatic carbocycles. The monoisotopic (exact) mass is 482 g/mol. The highest BCUT2D eigenvalue weighted by Gasteiger charge is 2.31. The van der Waals surface area contributed by atoms with Gasteiger partial charge >= 0.3 is 5.97 Å². The molecule has 0 aromatic heterocycles. The van der Waals surface area contributed by atoms with Crippen LogP contribution in [0.25, 0.3) is 0 Å². The second kappa shape index (κ2) is 14.8. The summed E-state index contributed by atoms with van der Waals surface area (Å²) in [5.41, 5.74) is 3.19. The highest BCUT2D eigenvalue weighted by Crippen LogP contribution is 2.44. The molecule has 3 rings (SSSR count). The molecular formula is C32H50O3. The van der Waals surface area contributed by atoms with Crippen molar-refractivity contribution in [3.63, 3.8) is 0 Å². The maximum absolute atomic E-state index is 11.6. The van der Waals surface area contributed by atoms with Crippen LogP contribution in [0.2, 0.25) is 0 Å². The Labute approximate surface area is 214 Å². The molecule has 0 heterocycles. The standard InChI is InChI=1S/C32H50O3/c1-4-5-6-7-25-10-14-28(15-11-25)30-18-20-31(21-19-30)29-16-12-26(13-17-29)8-9-27(22-33)23-35-32(34)24(2)3/h12-13,16-17,25,27-28,30-31,33H,2,4-11,14-15,18-23H2,1,3H3. The van der Waals surface area contributed by atoms with Gasteiger partial charge in [-0.2, -0.15) is 0 Å². The van der Waals surface area contributed by atoms with E-state index in [-0.39, 0.29) is 25.1 Å². The Kier molecular flexibility index (Phi) is 11.9. The average molecular weight is 483 g/mol. The van der Waals surface area contributed by atoms with Gasteiger partial charge in [0, 0.05) is 18.1 Å². The number of rotatable bonds is 13. The Balaban J connectivity index is 1.37. The first-order valence-corrected chi connectivity index (χ1v) is 14.5. The fourth-order valence-electron chi connectivity index (χ4n) is 6.43. The molecule has 0 saturated heterocycles. The molecule has 2 fully saturated rings. The summed E-state index contributed by atoms with van der Waals surface area (Å²) >= 11 is 0. The van der Waals surface area contributed by atoms with Crippen molar-refractivity contribution < 1.29 is 14.6 Å². The third-order valence-corrected chi connectivity index (χ3v) is 8.90. The van der Waals surface area contributed by atoms with E-state index in [0.29, 0.717) is 5.57 Å². The largest absolute Gasteiger partial charge is 0.462 e. The molecule has 1 aromatic rings. The lowest BCUT2D eigenvalue weighted by Gasteiger charge is -2.38. The van der Waals surface area contributed by atoms with E-state index < -0.39 is 0 Å². The minimum atomic E-state index is -0.377. The first-order chi connectivity index (χ1) is 17.0. The van der Waals surface area contributed by atoms with Gasteiger partial charge in [-0.15, -0.1) is 0 Å². The first kappa shape index (κ1) is 28.0. The van der Waals surface area contributed by atoms with Gasteiger partial charge in [-0.1, -0.05) is 76.3 Å². The summed E-state index contributed by atoms with van der Waals surface area (Å²) in [6.45, 7) is 7.84. The third-order valence-electron chi connectivity index (χ3n) is 8.90. The summed E-state index contributed by atoms with van der Waals surface area (Å²) in [5.74, 6) is 3.30. The quantitative estimate of drug-likeness (QED) is 0.176. The van der Waals surface area contributed by atoms with E-state index in [1.165, 1.54) is 88.2 Å². The fourth-order valence-corrected chi connectivity index (χ4v) is 6.43. The summed E-state index contributed by atoms with van der Waals surface area (Å²) in [6, 6.07) is 9.18. The predicted octanol–water partition coefficient (Wildman–Crippen LogP) is 8.01. The van der Waals surface area contributed by atoms with Crippen LogP contribution < -0.4 is 0 Å². The van der Waals surface area contributed by atoms with Gasteiger partial charge in [0.2, 0.25) is 0 Å². The lowest BCUT2D eigenvalue weighted by molar-refractivity contribution is -0.140. The molecule has 0 amide bonds. The van der Waals surface area contributed by atoms with Gasteiger partial charge in [0.05, 0.1) is 6.61 Å². The number of hydrogen-bond acceptors (Lipinski definition) is 3. The van der Waals surface area contributed by atoms with Crippen LogP contribution in [0.3, 0.4) is 0 Å². The van der Waals surface area contributed by atoms with Crippen LogP contribution >= 0.6 is 0 Å². The van der Waals surface area contributed by atoms with Crippen molar-refractivity contribution in [1.82, 2.24) is 0 Å². The number of carbonyl (C=O) groups excluding carboxylic acids is 1. The smallest absolute Gasteiger partial charge is 0.333 e. The Morgan fingerprint density at radius 1 is 1.00 bits per heavy atom. The Hall–Kier alpha value is -1.61. The minimum absolute atomic E-state index is 0.0281. The van der Waals surface area contributed by atoms with Crippen LogP contribution in [0.1, 0.15) is 114 Å². The van der Waals surface area contributed by atoms with E-state index in [4.69, 9.17) is 4.74 Å². The number of hydrogen-bond donors (Lipinski definition) is 1. The third kappa shape index (κ3) is 9.08. The van der Waals surface area contributed by atoms with Crippen LogP contribution in [0.4, 0.5) is 0 Å². The molecule has 1 aromatic carbocycles. The summed E-state index contributed by atoms with van der Waals surface area (Å²) < 4.78 is 5.22. The number of benzene rings is 1. The zero-order valence-corrected chi connectivity index (χ0v) is 22.5. The lowest BCUT2D eigenvalue weighted by Crippen LogP contribution is -2.25. The second-order valence-electron chi connectivity index (χ2n) is 11.6. The number of aryl methyl sites for hydroxylation is 1. The predicted molar refractivity (Wildman–Crippen MR) is 145 cm³/mol. The lowest BCUT2D eigenvalue weighted by atomic mass is 9.68. The van der Waals surface area contributed by atoms with E-state index in [0.717, 1.165) is 36.5 Å². The number of carbonyl (C=O) groups is 1. The van der Waals surface area contributed by atoms with Crippen LogP contribution in [-0.2, 0) is 16.0 Å². The van der Waals surface area contributed by atoms with E-state index in [9.17, 15) is 9.90 Å². The summed E-state index contributed by atoms with van der Waals surface area (Å²) in [7, 11) is 0. The molecule has 3 heteroatoms. The van der Waals surface area contributed by atoms with E-state index in [1.54, 1.807) is 6.92 Å². The molecule has 2 saturated carbocycles. The number of aliphatic hydroxyl groups excluding tert-OH is 1. The van der Waals surface area contributed by atoms with Crippen molar-refractivity contribution in [2.24, 2.45) is 23.7 Å². The molecule has 0 radical (unpaired) electrons. The van der Waals surface area contributed by atoms with Crippen molar-refractivity contribution in [2.45, 2.75) is 110 Å². The van der Waals surface area contributed by atoms with Gasteiger partial charge in [0.25, 0.3) is 0 Å². The average Bonchev–Trinajstić information content (AvgIpc) is 2.89. The maximum Gasteiger partial charge on any atom is 0.333 e. The summed E-state index contributed by atoms with van der Waals surface area (Å²) in [6.07, 6.45) is 18.9. The molecule has 196 valence electrons. The Bertz CT molecular complexity index is 752. The van der Waals surface area contributed by atoms with Crippen LogP contribution in [0.15, 0.2) is 36.4 Å². The number of ether oxygens (including phenoxy) is 1. The number of aliphatic hydroxyl groups is 1. The van der Waals surface area contributed by atoms with E-state index in [2.05, 4.69) is 37.8 Å². The van der Waals surface area contributed by atoms with Crippen LogP contribution in [-0.4, -0.2) is 24.3 Å². The molecule has 1 atom stereocenters. The Morgan fingerprint density at radius 2 is 1.63 bits per heavy atom. The highest BCUT2D eigenvalue weighted by atomic mass is 16.5. The van der Waals surface area contributed by atoms with Crippen molar-refractivity contribution in [3.8, 4) is 0 Å². The van der Waals surface area contributed by atoms with E-state index >= 15 is 0 Å². The number of unbranched alkanes of at least 4 members (excludes halogenated alkanes) is 2. The zero-order valence-electron chi connectivity index (χ0n) is 22.5. The van der Waals surface area contributed by atoms with Gasteiger partial charge < -0.3 is 9.84 Å². The Morgan fingerprint density at radius 3 is 2.20 bits per heavy atom. The topological polar surface area (TPSA) is 46.5 Å². The molecule has 0 bridgehead atoms. The summed E-state index contributed by atoms with van der Waals surface area (Å²) in [5, 5.41) is 9.63. The molecule has 3 nitrogen and oxygen atoms in total. The van der Waals surface area contributed by atoms with Gasteiger partial charge in [-0.25, -0.2) is 4.79 Å². The highest BCUT2D eigenvalue weighted by molar-refractivity contribution is 5.86. The van der Waals surface area contributed by atoms with Gasteiger partial charge in [0.15, 0.2) is 0 Å². The number of esters is 1. The molecule has 0 aliphatic heterocycles. The molecule has 35 heavy (non-hydrogen) atoms. The normalized spacial score (nSPS) is 25.7. The van der Waals surface area contributed by atoms with Crippen molar-refractivity contribution >= 4 is 5.97 Å². The van der Waals surface area contributed by atoms with Crippen molar-refractivity contribution in [2.75, 3.05) is 13.2 Å². The van der Waals surface area contributed by atoms with Gasteiger partial charge in [-0.3, -0.25) is 0 Å². The first-order valence-electron chi connectivity index (χ1n) is 14.5. The fraction of sp³-hybridized carbons (Fsp3) is 0.719. The molecule has 1 N–H and O–H groups in total. The minimum Gasteiger partial charge on any atom is -0.462 e. The SMILES string of the molecule is C=C(C)C(=O)OCC(CO)CCc1ccc(C2CCC(C3CCC(CCCCC)CC3)CC2)cc1. The van der Waals surface area contributed by atoms with Gasteiger partial charge in [-0.05, 0) is 93.1 Å². The molecule has 0 spiro atoms. The molecule has 1 unspecified atom stereocenters. The molecular weight excluding hydrogens is 432 g/mol. The van der Waals surface area contributed by atoms with Crippen molar-refractivity contribution in [3.05, 3.63) is 47.5 Å². The van der Waals surface area contributed by atoms with Crippen LogP contribution in [0, 0.1) is 23.7 Å². The van der Waals surface area contributed by atoms with E-state index in [1.807, 2.05) is 0 Å². The van der Waals surface area contributed by atoms with Crippen molar-refractivity contribution in [1.29, 1.82) is 0 Å². The maximum atomic E-state index is 11.6. The zero-order chi connectivity index (χ0) is 25.0. The van der Waals surface area contributed by atoms with Gasteiger partial charge in [0.1, 0.15) is 0 Å². The van der Waals surface area contributed by atoms with Crippen LogP contribution in [0.5, 0.6) is 0 Å².